The van der Waals surface area contributed by atoms with Gasteiger partial charge in [-0.15, -0.1) is 0 Å². The number of aryl methyl sites for hydroxylation is 1. The fourth-order valence-corrected chi connectivity index (χ4v) is 2.60. The van der Waals surface area contributed by atoms with E-state index in [2.05, 4.69) is 37.2 Å². The van der Waals surface area contributed by atoms with Crippen LogP contribution in [-0.4, -0.2) is 10.5 Å². The molecule has 1 N–H and O–H groups in total. The Balaban J connectivity index is 2.27. The number of hydrogen-bond donors (Lipinski definition) is 1. The monoisotopic (exact) mass is 390 g/mol. The van der Waals surface area contributed by atoms with Crippen molar-refractivity contribution < 1.29 is 4.79 Å². The largest absolute Gasteiger partial charge is 0.345 e. The Morgan fingerprint density at radius 2 is 2.11 bits per heavy atom. The van der Waals surface area contributed by atoms with Gasteiger partial charge in [-0.3, -0.25) is 4.79 Å². The molecular formula is C12H9Br2ClN2O. The molecular weight excluding hydrogens is 383 g/mol. The quantitative estimate of drug-likeness (QED) is 0.805. The van der Waals surface area contributed by atoms with Crippen LogP contribution in [-0.2, 0) is 7.05 Å². The molecule has 1 aromatic heterocycles. The molecule has 1 aromatic carbocycles. The summed E-state index contributed by atoms with van der Waals surface area (Å²) in [5.74, 6) is -0.189. The van der Waals surface area contributed by atoms with E-state index in [-0.39, 0.29) is 5.91 Å². The van der Waals surface area contributed by atoms with Crippen LogP contribution in [0.2, 0.25) is 5.02 Å². The third-order valence-corrected chi connectivity index (χ3v) is 4.24. The molecule has 0 radical (unpaired) electrons. The number of amides is 1. The second-order valence-corrected chi connectivity index (χ2v) is 5.83. The number of anilines is 1. The zero-order valence-electron chi connectivity index (χ0n) is 9.38. The van der Waals surface area contributed by atoms with E-state index in [0.717, 1.165) is 4.47 Å². The normalized spacial score (nSPS) is 10.4. The topological polar surface area (TPSA) is 34.0 Å². The Morgan fingerprint density at radius 3 is 2.72 bits per heavy atom. The molecule has 0 saturated heterocycles. The maximum Gasteiger partial charge on any atom is 0.272 e. The first-order valence-corrected chi connectivity index (χ1v) is 7.02. The van der Waals surface area contributed by atoms with E-state index in [9.17, 15) is 4.79 Å². The molecule has 0 spiro atoms. The van der Waals surface area contributed by atoms with E-state index in [4.69, 9.17) is 11.6 Å². The van der Waals surface area contributed by atoms with Crippen LogP contribution in [0.5, 0.6) is 0 Å². The highest BCUT2D eigenvalue weighted by atomic mass is 79.9. The maximum atomic E-state index is 12.1. The van der Waals surface area contributed by atoms with Crippen LogP contribution < -0.4 is 5.32 Å². The molecule has 0 bridgehead atoms. The van der Waals surface area contributed by atoms with E-state index >= 15 is 0 Å². The number of hydrogen-bond acceptors (Lipinski definition) is 1. The standard InChI is InChI=1S/C12H9Br2ClN2O/c1-17-6-7(13)5-10(17)12(18)16-9-4-2-3-8(15)11(9)14/h2-6H,1H3,(H,16,18). The van der Waals surface area contributed by atoms with Gasteiger partial charge in [0.2, 0.25) is 0 Å². The average Bonchev–Trinajstić information content (AvgIpc) is 2.64. The van der Waals surface area contributed by atoms with E-state index in [1.54, 1.807) is 28.8 Å². The molecule has 1 amide bonds. The fraction of sp³-hybridized carbons (Fsp3) is 0.0833. The lowest BCUT2D eigenvalue weighted by Crippen LogP contribution is -2.15. The summed E-state index contributed by atoms with van der Waals surface area (Å²) in [7, 11) is 1.81. The lowest BCUT2D eigenvalue weighted by atomic mass is 10.3. The van der Waals surface area contributed by atoms with Crippen molar-refractivity contribution in [2.24, 2.45) is 7.05 Å². The molecule has 0 unspecified atom stereocenters. The summed E-state index contributed by atoms with van der Waals surface area (Å²) in [4.78, 5) is 12.1. The molecule has 18 heavy (non-hydrogen) atoms. The van der Waals surface area contributed by atoms with Gasteiger partial charge in [0.25, 0.3) is 5.91 Å². The summed E-state index contributed by atoms with van der Waals surface area (Å²) in [6.07, 6.45) is 1.82. The number of carbonyl (C=O) groups excluding carboxylic acids is 1. The van der Waals surface area contributed by atoms with Crippen LogP contribution >= 0.6 is 43.5 Å². The molecule has 0 aliphatic carbocycles. The maximum absolute atomic E-state index is 12.1. The predicted octanol–water partition coefficient (Wildman–Crippen LogP) is 4.46. The lowest BCUT2D eigenvalue weighted by Gasteiger charge is -2.08. The summed E-state index contributed by atoms with van der Waals surface area (Å²) >= 11 is 12.6. The van der Waals surface area contributed by atoms with Gasteiger partial charge in [-0.25, -0.2) is 0 Å². The molecule has 0 saturated carbocycles. The highest BCUT2D eigenvalue weighted by molar-refractivity contribution is 9.11. The number of carbonyl (C=O) groups is 1. The second kappa shape index (κ2) is 5.47. The molecule has 3 nitrogen and oxygen atoms in total. The smallest absolute Gasteiger partial charge is 0.272 e. The number of halogens is 3. The first kappa shape index (κ1) is 13.6. The summed E-state index contributed by atoms with van der Waals surface area (Å²) in [5, 5.41) is 3.37. The van der Waals surface area contributed by atoms with Crippen molar-refractivity contribution in [2.45, 2.75) is 0 Å². The molecule has 2 rings (SSSR count). The van der Waals surface area contributed by atoms with Gasteiger partial charge in [0, 0.05) is 17.7 Å². The van der Waals surface area contributed by atoms with Crippen LogP contribution in [0.1, 0.15) is 10.5 Å². The minimum atomic E-state index is -0.189. The van der Waals surface area contributed by atoms with Crippen LogP contribution in [0, 0.1) is 0 Å². The van der Waals surface area contributed by atoms with Crippen molar-refractivity contribution in [1.82, 2.24) is 4.57 Å². The zero-order chi connectivity index (χ0) is 13.3. The highest BCUT2D eigenvalue weighted by Gasteiger charge is 2.13. The van der Waals surface area contributed by atoms with E-state index in [1.807, 2.05) is 13.2 Å². The molecule has 1 heterocycles. The van der Waals surface area contributed by atoms with Crippen molar-refractivity contribution in [3.8, 4) is 0 Å². The molecule has 0 aliphatic rings. The summed E-state index contributed by atoms with van der Waals surface area (Å²) in [5.41, 5.74) is 1.21. The number of benzene rings is 1. The lowest BCUT2D eigenvalue weighted by molar-refractivity contribution is 0.101. The van der Waals surface area contributed by atoms with Crippen LogP contribution in [0.3, 0.4) is 0 Å². The van der Waals surface area contributed by atoms with E-state index in [0.29, 0.717) is 20.9 Å². The number of rotatable bonds is 2. The van der Waals surface area contributed by atoms with Crippen molar-refractivity contribution in [3.05, 3.63) is 50.1 Å². The van der Waals surface area contributed by atoms with Gasteiger partial charge < -0.3 is 9.88 Å². The Bertz CT molecular complexity index is 610. The SMILES string of the molecule is Cn1cc(Br)cc1C(=O)Nc1cccc(Cl)c1Br. The zero-order valence-corrected chi connectivity index (χ0v) is 13.3. The first-order chi connectivity index (χ1) is 8.49. The van der Waals surface area contributed by atoms with Gasteiger partial charge in [0.15, 0.2) is 0 Å². The molecule has 6 heteroatoms. The third kappa shape index (κ3) is 2.79. The van der Waals surface area contributed by atoms with Gasteiger partial charge >= 0.3 is 0 Å². The van der Waals surface area contributed by atoms with Gasteiger partial charge in [-0.2, -0.15) is 0 Å². The highest BCUT2D eigenvalue weighted by Crippen LogP contribution is 2.30. The molecule has 0 aliphatic heterocycles. The number of aromatic nitrogens is 1. The van der Waals surface area contributed by atoms with Crippen LogP contribution in [0.15, 0.2) is 39.4 Å². The van der Waals surface area contributed by atoms with Gasteiger partial charge in [0.05, 0.1) is 15.2 Å². The van der Waals surface area contributed by atoms with Crippen molar-refractivity contribution in [3.63, 3.8) is 0 Å². The van der Waals surface area contributed by atoms with Crippen molar-refractivity contribution in [2.75, 3.05) is 5.32 Å². The van der Waals surface area contributed by atoms with Crippen molar-refractivity contribution in [1.29, 1.82) is 0 Å². The molecule has 2 aromatic rings. The van der Waals surface area contributed by atoms with E-state index < -0.39 is 0 Å². The van der Waals surface area contributed by atoms with Crippen LogP contribution in [0.25, 0.3) is 0 Å². The summed E-state index contributed by atoms with van der Waals surface area (Å²) in [6, 6.07) is 7.07. The number of nitrogens with one attached hydrogen (secondary N) is 1. The second-order valence-electron chi connectivity index (χ2n) is 3.71. The van der Waals surface area contributed by atoms with Crippen molar-refractivity contribution >= 4 is 55.1 Å². The molecule has 0 fully saturated rings. The third-order valence-electron chi connectivity index (χ3n) is 2.40. The van der Waals surface area contributed by atoms with E-state index in [1.165, 1.54) is 0 Å². The number of nitrogens with zero attached hydrogens (tertiary/aromatic N) is 1. The molecule has 0 atom stereocenters. The Labute approximate surface area is 126 Å². The van der Waals surface area contributed by atoms with Gasteiger partial charge in [0.1, 0.15) is 5.69 Å². The Morgan fingerprint density at radius 1 is 1.39 bits per heavy atom. The first-order valence-electron chi connectivity index (χ1n) is 5.06. The Kier molecular flexibility index (Phi) is 4.14. The minimum Gasteiger partial charge on any atom is -0.345 e. The van der Waals surface area contributed by atoms with Gasteiger partial charge in [-0.05, 0) is 50.1 Å². The predicted molar refractivity (Wildman–Crippen MR) is 80.2 cm³/mol. The average molecular weight is 392 g/mol. The fourth-order valence-electron chi connectivity index (χ4n) is 1.54. The Hall–Kier alpha value is -0.780. The molecule has 94 valence electrons. The van der Waals surface area contributed by atoms with Gasteiger partial charge in [-0.1, -0.05) is 17.7 Å². The summed E-state index contributed by atoms with van der Waals surface area (Å²) in [6.45, 7) is 0. The minimum absolute atomic E-state index is 0.189. The summed E-state index contributed by atoms with van der Waals surface area (Å²) < 4.78 is 3.28. The van der Waals surface area contributed by atoms with Crippen LogP contribution in [0.4, 0.5) is 5.69 Å².